The summed E-state index contributed by atoms with van der Waals surface area (Å²) < 4.78 is 4.80. The van der Waals surface area contributed by atoms with Gasteiger partial charge < -0.3 is 15.2 Å². The highest BCUT2D eigenvalue weighted by atomic mass is 16.5. The van der Waals surface area contributed by atoms with E-state index in [4.69, 9.17) is 4.74 Å². The standard InChI is InChI=1S/C20H18N2O4/c1-26-20(25)18(22-19(24)14-6-4-7-16(23)11-14)12-15-10-9-13-5-2-3-8-17(13)21-15/h2-11,18,23H,12H2,1H3,(H,22,24)/t18-/m0/s1. The predicted octanol–water partition coefficient (Wildman–Crippen LogP) is 2.45. The van der Waals surface area contributed by atoms with Gasteiger partial charge in [-0.25, -0.2) is 4.79 Å². The molecule has 0 aliphatic heterocycles. The van der Waals surface area contributed by atoms with E-state index in [1.165, 1.54) is 19.2 Å². The second kappa shape index (κ2) is 7.65. The Labute approximate surface area is 150 Å². The summed E-state index contributed by atoms with van der Waals surface area (Å²) >= 11 is 0. The molecule has 1 atom stereocenters. The molecule has 0 saturated carbocycles. The lowest BCUT2D eigenvalue weighted by Gasteiger charge is -2.16. The number of para-hydroxylation sites is 1. The van der Waals surface area contributed by atoms with Crippen LogP contribution in [0.4, 0.5) is 0 Å². The summed E-state index contributed by atoms with van der Waals surface area (Å²) in [7, 11) is 1.27. The zero-order valence-corrected chi connectivity index (χ0v) is 14.2. The number of rotatable bonds is 5. The molecule has 0 aliphatic rings. The Morgan fingerprint density at radius 2 is 1.92 bits per heavy atom. The third-order valence-corrected chi connectivity index (χ3v) is 3.97. The molecule has 2 aromatic carbocycles. The number of pyridine rings is 1. The maximum absolute atomic E-state index is 12.4. The Balaban J connectivity index is 1.81. The number of hydrogen-bond donors (Lipinski definition) is 2. The van der Waals surface area contributed by atoms with Crippen molar-refractivity contribution in [3.05, 3.63) is 71.9 Å². The molecule has 1 aromatic heterocycles. The number of carbonyl (C=O) groups excluding carboxylic acids is 2. The lowest BCUT2D eigenvalue weighted by atomic mass is 10.1. The number of nitrogens with zero attached hydrogens (tertiary/aromatic N) is 1. The first-order valence-corrected chi connectivity index (χ1v) is 8.09. The molecule has 0 fully saturated rings. The zero-order valence-electron chi connectivity index (χ0n) is 14.2. The van der Waals surface area contributed by atoms with Crippen LogP contribution in [0.2, 0.25) is 0 Å². The molecule has 0 radical (unpaired) electrons. The minimum atomic E-state index is -0.886. The van der Waals surface area contributed by atoms with E-state index in [-0.39, 0.29) is 17.7 Å². The van der Waals surface area contributed by atoms with E-state index in [0.29, 0.717) is 5.69 Å². The summed E-state index contributed by atoms with van der Waals surface area (Å²) in [5.74, 6) is -1.06. The molecule has 3 rings (SSSR count). The van der Waals surface area contributed by atoms with Gasteiger partial charge in [0, 0.05) is 23.1 Å². The number of amides is 1. The Morgan fingerprint density at radius 1 is 1.12 bits per heavy atom. The van der Waals surface area contributed by atoms with Gasteiger partial charge in [-0.2, -0.15) is 0 Å². The van der Waals surface area contributed by atoms with E-state index in [0.717, 1.165) is 10.9 Å². The Hall–Kier alpha value is -3.41. The summed E-state index contributed by atoms with van der Waals surface area (Å²) in [6, 6.07) is 16.4. The fourth-order valence-corrected chi connectivity index (χ4v) is 2.66. The summed E-state index contributed by atoms with van der Waals surface area (Å²) in [5.41, 5.74) is 1.73. The van der Waals surface area contributed by atoms with Gasteiger partial charge in [0.1, 0.15) is 11.8 Å². The minimum absolute atomic E-state index is 0.0246. The number of aromatic nitrogens is 1. The lowest BCUT2D eigenvalue weighted by Crippen LogP contribution is -2.43. The average Bonchev–Trinajstić information content (AvgIpc) is 2.66. The van der Waals surface area contributed by atoms with Gasteiger partial charge in [-0.3, -0.25) is 9.78 Å². The van der Waals surface area contributed by atoms with Gasteiger partial charge in [-0.15, -0.1) is 0 Å². The van der Waals surface area contributed by atoms with Gasteiger partial charge in [0.15, 0.2) is 0 Å². The molecular formula is C20H18N2O4. The first kappa shape index (κ1) is 17.4. The third-order valence-electron chi connectivity index (χ3n) is 3.97. The van der Waals surface area contributed by atoms with Crippen LogP contribution in [0.1, 0.15) is 16.1 Å². The molecule has 0 unspecified atom stereocenters. The molecule has 0 spiro atoms. The largest absolute Gasteiger partial charge is 0.508 e. The van der Waals surface area contributed by atoms with Crippen LogP contribution in [-0.4, -0.2) is 35.1 Å². The number of phenolic OH excluding ortho intramolecular Hbond substituents is 1. The first-order valence-electron chi connectivity index (χ1n) is 8.09. The minimum Gasteiger partial charge on any atom is -0.508 e. The fourth-order valence-electron chi connectivity index (χ4n) is 2.66. The smallest absolute Gasteiger partial charge is 0.328 e. The maximum Gasteiger partial charge on any atom is 0.328 e. The third kappa shape index (κ3) is 3.97. The highest BCUT2D eigenvalue weighted by molar-refractivity contribution is 5.97. The number of nitrogens with one attached hydrogen (secondary N) is 1. The van der Waals surface area contributed by atoms with E-state index >= 15 is 0 Å². The normalized spacial score (nSPS) is 11.7. The lowest BCUT2D eigenvalue weighted by molar-refractivity contribution is -0.142. The summed E-state index contributed by atoms with van der Waals surface area (Å²) in [4.78, 5) is 29.0. The van der Waals surface area contributed by atoms with Crippen LogP contribution in [0.15, 0.2) is 60.7 Å². The van der Waals surface area contributed by atoms with Crippen molar-refractivity contribution in [3.8, 4) is 5.75 Å². The molecule has 1 heterocycles. The Kier molecular flexibility index (Phi) is 5.12. The number of benzene rings is 2. The average molecular weight is 350 g/mol. The van der Waals surface area contributed by atoms with Gasteiger partial charge in [0.25, 0.3) is 5.91 Å². The van der Waals surface area contributed by atoms with Crippen LogP contribution < -0.4 is 5.32 Å². The highest BCUT2D eigenvalue weighted by Crippen LogP contribution is 2.14. The predicted molar refractivity (Wildman–Crippen MR) is 96.8 cm³/mol. The van der Waals surface area contributed by atoms with Crippen molar-refractivity contribution in [1.82, 2.24) is 10.3 Å². The molecule has 132 valence electrons. The van der Waals surface area contributed by atoms with Crippen LogP contribution in [0.25, 0.3) is 10.9 Å². The first-order chi connectivity index (χ1) is 12.6. The quantitative estimate of drug-likeness (QED) is 0.690. The van der Waals surface area contributed by atoms with Gasteiger partial charge in [-0.1, -0.05) is 30.3 Å². The number of ether oxygens (including phenoxy) is 1. The van der Waals surface area contributed by atoms with E-state index < -0.39 is 17.9 Å². The molecule has 6 heteroatoms. The summed E-state index contributed by atoms with van der Waals surface area (Å²) in [6.07, 6.45) is 0.196. The van der Waals surface area contributed by atoms with Crippen molar-refractivity contribution in [2.75, 3.05) is 7.11 Å². The Morgan fingerprint density at radius 3 is 2.69 bits per heavy atom. The van der Waals surface area contributed by atoms with E-state index in [1.54, 1.807) is 12.1 Å². The van der Waals surface area contributed by atoms with Crippen LogP contribution in [-0.2, 0) is 16.0 Å². The van der Waals surface area contributed by atoms with Crippen molar-refractivity contribution < 1.29 is 19.4 Å². The van der Waals surface area contributed by atoms with E-state index in [9.17, 15) is 14.7 Å². The van der Waals surface area contributed by atoms with Gasteiger partial charge in [-0.05, 0) is 30.3 Å². The van der Waals surface area contributed by atoms with Crippen LogP contribution in [0.3, 0.4) is 0 Å². The Bertz CT molecular complexity index is 955. The fraction of sp³-hybridized carbons (Fsp3) is 0.150. The SMILES string of the molecule is COC(=O)[C@H](Cc1ccc2ccccc2n1)NC(=O)c1cccc(O)c1. The van der Waals surface area contributed by atoms with Gasteiger partial charge >= 0.3 is 5.97 Å². The molecular weight excluding hydrogens is 332 g/mol. The number of methoxy groups -OCH3 is 1. The second-order valence-corrected chi connectivity index (χ2v) is 5.80. The number of aromatic hydroxyl groups is 1. The second-order valence-electron chi connectivity index (χ2n) is 5.80. The molecule has 26 heavy (non-hydrogen) atoms. The van der Waals surface area contributed by atoms with Gasteiger partial charge in [0.05, 0.1) is 12.6 Å². The number of phenols is 1. The number of esters is 1. The van der Waals surface area contributed by atoms with E-state index in [1.807, 2.05) is 36.4 Å². The zero-order chi connectivity index (χ0) is 18.5. The number of hydrogen-bond acceptors (Lipinski definition) is 5. The van der Waals surface area contributed by atoms with Crippen molar-refractivity contribution in [2.24, 2.45) is 0 Å². The number of carbonyl (C=O) groups is 2. The highest BCUT2D eigenvalue weighted by Gasteiger charge is 2.23. The topological polar surface area (TPSA) is 88.5 Å². The molecule has 0 bridgehead atoms. The molecule has 0 aliphatic carbocycles. The summed E-state index contributed by atoms with van der Waals surface area (Å²) in [6.45, 7) is 0. The van der Waals surface area contributed by atoms with Crippen LogP contribution in [0, 0.1) is 0 Å². The number of fused-ring (bicyclic) bond motifs is 1. The van der Waals surface area contributed by atoms with Crippen molar-refractivity contribution in [2.45, 2.75) is 12.5 Å². The monoisotopic (exact) mass is 350 g/mol. The maximum atomic E-state index is 12.4. The van der Waals surface area contributed by atoms with Crippen LogP contribution in [0.5, 0.6) is 5.75 Å². The van der Waals surface area contributed by atoms with Crippen molar-refractivity contribution in [1.29, 1.82) is 0 Å². The molecule has 1 amide bonds. The molecule has 3 aromatic rings. The van der Waals surface area contributed by atoms with E-state index in [2.05, 4.69) is 10.3 Å². The van der Waals surface area contributed by atoms with Crippen molar-refractivity contribution >= 4 is 22.8 Å². The van der Waals surface area contributed by atoms with Gasteiger partial charge in [0.2, 0.25) is 0 Å². The molecule has 2 N–H and O–H groups in total. The van der Waals surface area contributed by atoms with Crippen LogP contribution >= 0.6 is 0 Å². The molecule has 0 saturated heterocycles. The van der Waals surface area contributed by atoms with Crippen molar-refractivity contribution in [3.63, 3.8) is 0 Å². The summed E-state index contributed by atoms with van der Waals surface area (Å²) in [5, 5.41) is 13.1. The molecule has 6 nitrogen and oxygen atoms in total.